The first-order valence-corrected chi connectivity index (χ1v) is 7.87. The maximum atomic E-state index is 4.44. The molecule has 2 aromatic heterocycles. The summed E-state index contributed by atoms with van der Waals surface area (Å²) in [5, 5.41) is 11.1. The molecule has 0 aliphatic carbocycles. The van der Waals surface area contributed by atoms with Gasteiger partial charge in [-0.3, -0.25) is 0 Å². The van der Waals surface area contributed by atoms with E-state index in [2.05, 4.69) is 35.4 Å². The van der Waals surface area contributed by atoms with Crippen LogP contribution < -0.4 is 5.32 Å². The van der Waals surface area contributed by atoms with Gasteiger partial charge in [0.05, 0.1) is 17.9 Å². The highest BCUT2D eigenvalue weighted by molar-refractivity contribution is 7.09. The molecule has 0 aliphatic heterocycles. The Labute approximate surface area is 128 Å². The minimum Gasteiger partial charge on any atom is -0.301 e. The number of para-hydroxylation sites is 1. The smallest absolute Gasteiger partial charge is 0.109 e. The Kier molecular flexibility index (Phi) is 4.13. The number of nitrogens with zero attached hydrogens (tertiary/aromatic N) is 3. The lowest BCUT2D eigenvalue weighted by atomic mass is 10.1. The number of aromatic nitrogens is 3. The van der Waals surface area contributed by atoms with Crippen LogP contribution in [-0.4, -0.2) is 14.8 Å². The number of nitrogens with one attached hydrogen (secondary N) is 1. The Morgan fingerprint density at radius 1 is 1.14 bits per heavy atom. The van der Waals surface area contributed by atoms with E-state index in [1.54, 1.807) is 11.3 Å². The van der Waals surface area contributed by atoms with E-state index in [9.17, 15) is 0 Å². The van der Waals surface area contributed by atoms with Crippen molar-refractivity contribution in [1.82, 2.24) is 20.1 Å². The molecule has 0 spiro atoms. The summed E-state index contributed by atoms with van der Waals surface area (Å²) in [6.07, 6.45) is 5.83. The van der Waals surface area contributed by atoms with Crippen LogP contribution in [0.25, 0.3) is 5.69 Å². The molecule has 0 fully saturated rings. The summed E-state index contributed by atoms with van der Waals surface area (Å²) in [6.45, 7) is 4.29. The number of hydrogen-bond donors (Lipinski definition) is 1. The molecule has 0 amide bonds. The molecule has 21 heavy (non-hydrogen) atoms. The van der Waals surface area contributed by atoms with Crippen LogP contribution >= 0.6 is 11.3 Å². The van der Waals surface area contributed by atoms with Gasteiger partial charge in [0.2, 0.25) is 0 Å². The van der Waals surface area contributed by atoms with Crippen molar-refractivity contribution in [3.63, 3.8) is 0 Å². The van der Waals surface area contributed by atoms with Crippen LogP contribution in [0.4, 0.5) is 0 Å². The first-order chi connectivity index (χ1) is 10.2. The van der Waals surface area contributed by atoms with Gasteiger partial charge >= 0.3 is 0 Å². The predicted molar refractivity (Wildman–Crippen MR) is 85.6 cm³/mol. The van der Waals surface area contributed by atoms with Crippen LogP contribution in [-0.2, 0) is 0 Å². The van der Waals surface area contributed by atoms with Crippen LogP contribution in [0.2, 0.25) is 0 Å². The van der Waals surface area contributed by atoms with Gasteiger partial charge in [0.1, 0.15) is 5.01 Å². The Morgan fingerprint density at radius 2 is 1.95 bits per heavy atom. The van der Waals surface area contributed by atoms with Gasteiger partial charge in [-0.2, -0.15) is 5.10 Å². The van der Waals surface area contributed by atoms with E-state index in [4.69, 9.17) is 0 Å². The normalized spacial score (nSPS) is 14.0. The van der Waals surface area contributed by atoms with E-state index < -0.39 is 0 Å². The third-order valence-electron chi connectivity index (χ3n) is 3.45. The standard InChI is InChI=1S/C16H18N4S/c1-12(19-13(2)16-17-8-9-21-16)14-10-18-20(11-14)15-6-4-3-5-7-15/h3-13,19H,1-2H3. The predicted octanol–water partition coefficient (Wildman–Crippen LogP) is 3.74. The molecule has 1 N–H and O–H groups in total. The van der Waals surface area contributed by atoms with Crippen LogP contribution in [0, 0.1) is 0 Å². The topological polar surface area (TPSA) is 42.7 Å². The second kappa shape index (κ2) is 6.20. The number of benzene rings is 1. The highest BCUT2D eigenvalue weighted by Gasteiger charge is 2.14. The lowest BCUT2D eigenvalue weighted by Gasteiger charge is -2.17. The molecule has 0 saturated carbocycles. The zero-order valence-corrected chi connectivity index (χ0v) is 12.9. The van der Waals surface area contributed by atoms with E-state index in [-0.39, 0.29) is 12.1 Å². The molecule has 1 aromatic carbocycles. The monoisotopic (exact) mass is 298 g/mol. The van der Waals surface area contributed by atoms with Crippen LogP contribution in [0.5, 0.6) is 0 Å². The summed E-state index contributed by atoms with van der Waals surface area (Å²) >= 11 is 1.68. The molecular weight excluding hydrogens is 280 g/mol. The summed E-state index contributed by atoms with van der Waals surface area (Å²) in [6, 6.07) is 10.6. The maximum absolute atomic E-state index is 4.44. The molecule has 4 nitrogen and oxygen atoms in total. The Morgan fingerprint density at radius 3 is 2.67 bits per heavy atom. The zero-order valence-electron chi connectivity index (χ0n) is 12.1. The van der Waals surface area contributed by atoms with Crippen molar-refractivity contribution in [3.05, 3.63) is 64.9 Å². The van der Waals surface area contributed by atoms with Crippen molar-refractivity contribution in [3.8, 4) is 5.69 Å². The van der Waals surface area contributed by atoms with E-state index in [0.29, 0.717) is 0 Å². The van der Waals surface area contributed by atoms with Crippen molar-refractivity contribution < 1.29 is 0 Å². The fourth-order valence-electron chi connectivity index (χ4n) is 2.27. The van der Waals surface area contributed by atoms with Gasteiger partial charge in [0.25, 0.3) is 0 Å². The van der Waals surface area contributed by atoms with Gasteiger partial charge in [-0.25, -0.2) is 9.67 Å². The van der Waals surface area contributed by atoms with E-state index in [1.165, 1.54) is 5.56 Å². The van der Waals surface area contributed by atoms with Crippen molar-refractivity contribution in [2.45, 2.75) is 25.9 Å². The molecule has 2 atom stereocenters. The number of hydrogen-bond acceptors (Lipinski definition) is 4. The third-order valence-corrected chi connectivity index (χ3v) is 4.40. The van der Waals surface area contributed by atoms with E-state index in [0.717, 1.165) is 10.7 Å². The summed E-state index contributed by atoms with van der Waals surface area (Å²) in [4.78, 5) is 4.35. The fourth-order valence-corrected chi connectivity index (χ4v) is 2.93. The molecule has 0 bridgehead atoms. The minimum absolute atomic E-state index is 0.223. The SMILES string of the molecule is CC(NC(C)c1nccs1)c1cnn(-c2ccccc2)c1. The number of rotatable bonds is 5. The summed E-state index contributed by atoms with van der Waals surface area (Å²) in [5.41, 5.74) is 2.24. The summed E-state index contributed by atoms with van der Waals surface area (Å²) < 4.78 is 1.90. The lowest BCUT2D eigenvalue weighted by molar-refractivity contribution is 0.493. The number of thiazole rings is 1. The van der Waals surface area contributed by atoms with Gasteiger partial charge in [-0.15, -0.1) is 11.3 Å². The first-order valence-electron chi connectivity index (χ1n) is 6.99. The second-order valence-electron chi connectivity index (χ2n) is 5.03. The second-order valence-corrected chi connectivity index (χ2v) is 5.96. The molecular formula is C16H18N4S. The molecule has 5 heteroatoms. The molecule has 3 rings (SSSR count). The summed E-state index contributed by atoms with van der Waals surface area (Å²) in [7, 11) is 0. The maximum Gasteiger partial charge on any atom is 0.109 e. The molecule has 0 aliphatic rings. The van der Waals surface area contributed by atoms with E-state index in [1.807, 2.05) is 52.8 Å². The highest BCUT2D eigenvalue weighted by atomic mass is 32.1. The first kappa shape index (κ1) is 14.0. The Hall–Kier alpha value is -1.98. The van der Waals surface area contributed by atoms with E-state index >= 15 is 0 Å². The Bertz CT molecular complexity index is 675. The molecule has 0 radical (unpaired) electrons. The van der Waals surface area contributed by atoms with Gasteiger partial charge in [-0.1, -0.05) is 18.2 Å². The third kappa shape index (κ3) is 3.20. The minimum atomic E-state index is 0.223. The van der Waals surface area contributed by atoms with Crippen molar-refractivity contribution in [2.24, 2.45) is 0 Å². The van der Waals surface area contributed by atoms with Gasteiger partial charge in [-0.05, 0) is 26.0 Å². The van der Waals surface area contributed by atoms with Crippen molar-refractivity contribution in [2.75, 3.05) is 0 Å². The van der Waals surface area contributed by atoms with Gasteiger partial charge in [0.15, 0.2) is 0 Å². The van der Waals surface area contributed by atoms with Crippen molar-refractivity contribution in [1.29, 1.82) is 0 Å². The van der Waals surface area contributed by atoms with Gasteiger partial charge < -0.3 is 5.32 Å². The average Bonchev–Trinajstić information content (AvgIpc) is 3.20. The molecule has 2 heterocycles. The quantitative estimate of drug-likeness (QED) is 0.780. The average molecular weight is 298 g/mol. The lowest BCUT2D eigenvalue weighted by Crippen LogP contribution is -2.22. The molecule has 108 valence electrons. The molecule has 2 unspecified atom stereocenters. The largest absolute Gasteiger partial charge is 0.301 e. The highest BCUT2D eigenvalue weighted by Crippen LogP contribution is 2.21. The summed E-state index contributed by atoms with van der Waals surface area (Å²) in [5.74, 6) is 0. The molecule has 3 aromatic rings. The van der Waals surface area contributed by atoms with Crippen LogP contribution in [0.3, 0.4) is 0 Å². The molecule has 0 saturated heterocycles. The fraction of sp³-hybridized carbons (Fsp3) is 0.250. The van der Waals surface area contributed by atoms with Crippen LogP contribution in [0.15, 0.2) is 54.3 Å². The van der Waals surface area contributed by atoms with Gasteiger partial charge in [0, 0.05) is 29.4 Å². The Balaban J connectivity index is 1.71. The zero-order chi connectivity index (χ0) is 14.7. The van der Waals surface area contributed by atoms with Crippen LogP contribution in [0.1, 0.15) is 36.5 Å². The van der Waals surface area contributed by atoms with Crippen molar-refractivity contribution >= 4 is 11.3 Å².